The number of aliphatic hydroxyl groups is 1. The molecule has 1 aliphatic rings. The SMILES string of the molecule is Cc1oc2ccc(OCc3cccnc3C(F)(F)F)cc2c1C(=O)NC1(CO)CCCOC1. The van der Waals surface area contributed by atoms with Crippen LogP contribution in [-0.4, -0.2) is 41.4 Å². The molecule has 0 spiro atoms. The number of hydrogen-bond acceptors (Lipinski definition) is 6. The van der Waals surface area contributed by atoms with Crippen LogP contribution in [0, 0.1) is 6.92 Å². The molecule has 4 rings (SSSR count). The van der Waals surface area contributed by atoms with Crippen molar-refractivity contribution in [3.8, 4) is 5.75 Å². The van der Waals surface area contributed by atoms with Crippen LogP contribution in [0.3, 0.4) is 0 Å². The fourth-order valence-corrected chi connectivity index (χ4v) is 3.96. The predicted molar refractivity (Wildman–Crippen MR) is 112 cm³/mol. The molecule has 1 amide bonds. The Balaban J connectivity index is 1.58. The van der Waals surface area contributed by atoms with Crippen molar-refractivity contribution in [2.45, 2.75) is 38.1 Å². The molecule has 3 aromatic rings. The number of halogens is 3. The van der Waals surface area contributed by atoms with Crippen LogP contribution < -0.4 is 10.1 Å². The zero-order valence-electron chi connectivity index (χ0n) is 17.9. The van der Waals surface area contributed by atoms with E-state index in [9.17, 15) is 23.1 Å². The van der Waals surface area contributed by atoms with Crippen molar-refractivity contribution >= 4 is 16.9 Å². The lowest BCUT2D eigenvalue weighted by molar-refractivity contribution is -0.142. The largest absolute Gasteiger partial charge is 0.489 e. The summed E-state index contributed by atoms with van der Waals surface area (Å²) >= 11 is 0. The van der Waals surface area contributed by atoms with E-state index in [1.54, 1.807) is 25.1 Å². The van der Waals surface area contributed by atoms with Gasteiger partial charge in [0.2, 0.25) is 0 Å². The van der Waals surface area contributed by atoms with Crippen LogP contribution >= 0.6 is 0 Å². The quantitative estimate of drug-likeness (QED) is 0.573. The Hall–Kier alpha value is -3.11. The second-order valence-corrected chi connectivity index (χ2v) is 8.04. The Morgan fingerprint density at radius 3 is 2.85 bits per heavy atom. The highest BCUT2D eigenvalue weighted by atomic mass is 19.4. The zero-order chi connectivity index (χ0) is 23.6. The number of fused-ring (bicyclic) bond motifs is 1. The molecule has 176 valence electrons. The van der Waals surface area contributed by atoms with E-state index >= 15 is 0 Å². The van der Waals surface area contributed by atoms with Crippen LogP contribution in [-0.2, 0) is 17.5 Å². The molecule has 2 N–H and O–H groups in total. The van der Waals surface area contributed by atoms with E-state index in [0.717, 1.165) is 6.20 Å². The number of aliphatic hydroxyl groups excluding tert-OH is 1. The van der Waals surface area contributed by atoms with Gasteiger partial charge in [-0.3, -0.25) is 9.78 Å². The molecule has 0 bridgehead atoms. The van der Waals surface area contributed by atoms with E-state index in [2.05, 4.69) is 10.3 Å². The first-order valence-electron chi connectivity index (χ1n) is 10.4. The number of benzene rings is 1. The van der Waals surface area contributed by atoms with E-state index in [0.29, 0.717) is 36.2 Å². The summed E-state index contributed by atoms with van der Waals surface area (Å²) in [7, 11) is 0. The van der Waals surface area contributed by atoms with Crippen LogP contribution in [0.15, 0.2) is 40.9 Å². The zero-order valence-corrected chi connectivity index (χ0v) is 17.9. The Morgan fingerprint density at radius 2 is 2.15 bits per heavy atom. The number of amides is 1. The number of aromatic nitrogens is 1. The summed E-state index contributed by atoms with van der Waals surface area (Å²) in [4.78, 5) is 16.5. The number of rotatable bonds is 6. The lowest BCUT2D eigenvalue weighted by atomic mass is 9.92. The monoisotopic (exact) mass is 464 g/mol. The van der Waals surface area contributed by atoms with Crippen LogP contribution in [0.2, 0.25) is 0 Å². The van der Waals surface area contributed by atoms with Gasteiger partial charge in [0.1, 0.15) is 23.7 Å². The van der Waals surface area contributed by atoms with Crippen molar-refractivity contribution < 1.29 is 37.0 Å². The Morgan fingerprint density at radius 1 is 1.33 bits per heavy atom. The summed E-state index contributed by atoms with van der Waals surface area (Å²) < 4.78 is 56.3. The molecule has 7 nitrogen and oxygen atoms in total. The van der Waals surface area contributed by atoms with Gasteiger partial charge < -0.3 is 24.3 Å². The van der Waals surface area contributed by atoms with Crippen LogP contribution in [0.5, 0.6) is 5.75 Å². The number of nitrogens with one attached hydrogen (secondary N) is 1. The number of hydrogen-bond donors (Lipinski definition) is 2. The topological polar surface area (TPSA) is 93.8 Å². The molecule has 33 heavy (non-hydrogen) atoms. The molecule has 0 radical (unpaired) electrons. The third kappa shape index (κ3) is 4.81. The van der Waals surface area contributed by atoms with Gasteiger partial charge in [-0.25, -0.2) is 0 Å². The lowest BCUT2D eigenvalue weighted by Crippen LogP contribution is -2.56. The van der Waals surface area contributed by atoms with E-state index in [-0.39, 0.29) is 36.7 Å². The molecule has 2 aromatic heterocycles. The van der Waals surface area contributed by atoms with Crippen molar-refractivity contribution in [1.29, 1.82) is 0 Å². The van der Waals surface area contributed by atoms with Crippen molar-refractivity contribution in [3.63, 3.8) is 0 Å². The Kier molecular flexibility index (Phi) is 6.31. The highest BCUT2D eigenvalue weighted by Gasteiger charge is 2.36. The van der Waals surface area contributed by atoms with Gasteiger partial charge in [0.05, 0.1) is 24.3 Å². The first kappa shape index (κ1) is 23.1. The molecule has 1 saturated heterocycles. The molecule has 0 aliphatic carbocycles. The summed E-state index contributed by atoms with van der Waals surface area (Å²) in [5, 5.41) is 13.2. The van der Waals surface area contributed by atoms with Gasteiger partial charge >= 0.3 is 6.18 Å². The normalized spacial score (nSPS) is 18.9. The number of aryl methyl sites for hydroxylation is 1. The third-order valence-corrected chi connectivity index (χ3v) is 5.62. The molecule has 1 aromatic carbocycles. The highest BCUT2D eigenvalue weighted by Crippen LogP contribution is 2.33. The van der Waals surface area contributed by atoms with Crippen molar-refractivity contribution in [1.82, 2.24) is 10.3 Å². The average molecular weight is 464 g/mol. The predicted octanol–water partition coefficient (Wildman–Crippen LogP) is 4.01. The molecule has 1 atom stereocenters. The number of nitrogens with zero attached hydrogens (tertiary/aromatic N) is 1. The number of carbonyl (C=O) groups excluding carboxylic acids is 1. The maximum Gasteiger partial charge on any atom is 0.433 e. The van der Waals surface area contributed by atoms with Gasteiger partial charge in [-0.2, -0.15) is 13.2 Å². The Bertz CT molecular complexity index is 1150. The molecule has 10 heteroatoms. The van der Waals surface area contributed by atoms with Crippen molar-refractivity contribution in [2.24, 2.45) is 0 Å². The fourth-order valence-electron chi connectivity index (χ4n) is 3.96. The molecule has 1 unspecified atom stereocenters. The molecule has 1 fully saturated rings. The summed E-state index contributed by atoms with van der Waals surface area (Å²) in [6, 6.07) is 7.41. The second kappa shape index (κ2) is 9.03. The van der Waals surface area contributed by atoms with E-state index < -0.39 is 23.3 Å². The van der Waals surface area contributed by atoms with Gasteiger partial charge in [-0.05, 0) is 44.0 Å². The first-order chi connectivity index (χ1) is 15.7. The lowest BCUT2D eigenvalue weighted by Gasteiger charge is -2.36. The standard InChI is InChI=1S/C23H23F3N2O5/c1-14-19(21(30)28-22(12-29)7-3-9-31-13-22)17-10-16(5-6-18(17)33-14)32-11-15-4-2-8-27-20(15)23(24,25)26/h2,4-6,8,10,29H,3,7,9,11-13H2,1H3,(H,28,30). The number of ether oxygens (including phenoxy) is 2. The maximum atomic E-state index is 13.2. The van der Waals surface area contributed by atoms with Crippen LogP contribution in [0.1, 0.15) is 40.2 Å². The molecular weight excluding hydrogens is 441 g/mol. The number of pyridine rings is 1. The highest BCUT2D eigenvalue weighted by molar-refractivity contribution is 6.07. The molecular formula is C23H23F3N2O5. The third-order valence-electron chi connectivity index (χ3n) is 5.62. The van der Waals surface area contributed by atoms with Gasteiger partial charge in [-0.15, -0.1) is 0 Å². The molecule has 1 aliphatic heterocycles. The van der Waals surface area contributed by atoms with E-state index in [4.69, 9.17) is 13.9 Å². The Labute approximate surface area is 187 Å². The first-order valence-corrected chi connectivity index (χ1v) is 10.4. The number of alkyl halides is 3. The van der Waals surface area contributed by atoms with E-state index in [1.807, 2.05) is 0 Å². The minimum absolute atomic E-state index is 0.103. The average Bonchev–Trinajstić information content (AvgIpc) is 3.13. The summed E-state index contributed by atoms with van der Waals surface area (Å²) in [5.41, 5.74) is -1.29. The smallest absolute Gasteiger partial charge is 0.433 e. The number of furan rings is 1. The minimum Gasteiger partial charge on any atom is -0.489 e. The van der Waals surface area contributed by atoms with Crippen LogP contribution in [0.4, 0.5) is 13.2 Å². The van der Waals surface area contributed by atoms with Gasteiger partial charge in [0.25, 0.3) is 5.91 Å². The van der Waals surface area contributed by atoms with E-state index in [1.165, 1.54) is 12.1 Å². The van der Waals surface area contributed by atoms with Crippen molar-refractivity contribution in [2.75, 3.05) is 19.8 Å². The van der Waals surface area contributed by atoms with Gasteiger partial charge in [0.15, 0.2) is 5.69 Å². The van der Waals surface area contributed by atoms with Gasteiger partial charge in [0, 0.05) is 23.8 Å². The number of carbonyl (C=O) groups is 1. The molecule has 0 saturated carbocycles. The summed E-state index contributed by atoms with van der Waals surface area (Å²) in [6.45, 7) is 1.79. The summed E-state index contributed by atoms with van der Waals surface area (Å²) in [5.74, 6) is 0.206. The molecule has 3 heterocycles. The van der Waals surface area contributed by atoms with Crippen LogP contribution in [0.25, 0.3) is 11.0 Å². The maximum absolute atomic E-state index is 13.2. The minimum atomic E-state index is -4.59. The fraction of sp³-hybridized carbons (Fsp3) is 0.391. The second-order valence-electron chi connectivity index (χ2n) is 8.04. The summed E-state index contributed by atoms with van der Waals surface area (Å²) in [6.07, 6.45) is -2.24. The van der Waals surface area contributed by atoms with Crippen molar-refractivity contribution in [3.05, 3.63) is 59.1 Å². The van der Waals surface area contributed by atoms with Gasteiger partial charge in [-0.1, -0.05) is 6.07 Å².